The lowest BCUT2D eigenvalue weighted by Gasteiger charge is -2.21. The average Bonchev–Trinajstić information content (AvgIpc) is 2.74. The molecule has 0 aliphatic carbocycles. The molecule has 2 aromatic rings. The van der Waals surface area contributed by atoms with Crippen molar-refractivity contribution in [2.45, 2.75) is 13.5 Å². The number of imidazole rings is 1. The fourth-order valence-corrected chi connectivity index (χ4v) is 1.98. The van der Waals surface area contributed by atoms with Crippen molar-refractivity contribution in [3.8, 4) is 0 Å². The summed E-state index contributed by atoms with van der Waals surface area (Å²) in [5.74, 6) is -0.0259. The predicted octanol–water partition coefficient (Wildman–Crippen LogP) is 2.06. The van der Waals surface area contributed by atoms with Crippen molar-refractivity contribution in [2.75, 3.05) is 11.9 Å². The van der Waals surface area contributed by atoms with E-state index in [1.165, 1.54) is 0 Å². The van der Waals surface area contributed by atoms with Gasteiger partial charge in [-0.3, -0.25) is 0 Å². The SMILES string of the molecule is Cc1ccc(C(=O)O)c(N(C)Cc2nccn2C)c1. The van der Waals surface area contributed by atoms with Crippen molar-refractivity contribution in [1.82, 2.24) is 9.55 Å². The lowest BCUT2D eigenvalue weighted by atomic mass is 10.1. The van der Waals surface area contributed by atoms with Gasteiger partial charge in [-0.2, -0.15) is 0 Å². The number of rotatable bonds is 4. The van der Waals surface area contributed by atoms with Crippen LogP contribution in [-0.2, 0) is 13.6 Å². The third kappa shape index (κ3) is 2.76. The van der Waals surface area contributed by atoms with Gasteiger partial charge in [0.05, 0.1) is 17.8 Å². The average molecular weight is 259 g/mol. The molecular formula is C14H17N3O2. The predicted molar refractivity (Wildman–Crippen MR) is 73.5 cm³/mol. The van der Waals surface area contributed by atoms with E-state index in [4.69, 9.17) is 0 Å². The first-order chi connectivity index (χ1) is 8.99. The summed E-state index contributed by atoms with van der Waals surface area (Å²) in [7, 11) is 3.79. The van der Waals surface area contributed by atoms with Crippen LogP contribution in [0.4, 0.5) is 5.69 Å². The third-order valence-electron chi connectivity index (χ3n) is 3.09. The molecule has 0 bridgehead atoms. The summed E-state index contributed by atoms with van der Waals surface area (Å²) >= 11 is 0. The number of carboxylic acid groups (broad SMARTS) is 1. The van der Waals surface area contributed by atoms with E-state index in [1.807, 2.05) is 48.8 Å². The Morgan fingerprint density at radius 1 is 1.47 bits per heavy atom. The Morgan fingerprint density at radius 3 is 2.79 bits per heavy atom. The standard InChI is InChI=1S/C14H17N3O2/c1-10-4-5-11(14(18)19)12(8-10)17(3)9-13-15-6-7-16(13)2/h4-8H,9H2,1-3H3,(H,18,19). The topological polar surface area (TPSA) is 58.4 Å². The van der Waals surface area contributed by atoms with Crippen LogP contribution < -0.4 is 4.90 Å². The summed E-state index contributed by atoms with van der Waals surface area (Å²) in [6.45, 7) is 2.51. The summed E-state index contributed by atoms with van der Waals surface area (Å²) in [6, 6.07) is 5.33. The van der Waals surface area contributed by atoms with Crippen molar-refractivity contribution in [3.63, 3.8) is 0 Å². The number of anilines is 1. The van der Waals surface area contributed by atoms with Crippen LogP contribution in [0.25, 0.3) is 0 Å². The first-order valence-corrected chi connectivity index (χ1v) is 6.00. The van der Waals surface area contributed by atoms with Gasteiger partial charge in [0.15, 0.2) is 0 Å². The molecular weight excluding hydrogens is 242 g/mol. The number of carbonyl (C=O) groups is 1. The molecule has 0 unspecified atom stereocenters. The van der Waals surface area contributed by atoms with Crippen LogP contribution in [0.2, 0.25) is 0 Å². The van der Waals surface area contributed by atoms with Gasteiger partial charge >= 0.3 is 5.97 Å². The molecule has 0 atom stereocenters. The molecule has 2 rings (SSSR count). The molecule has 5 heteroatoms. The van der Waals surface area contributed by atoms with E-state index >= 15 is 0 Å². The minimum absolute atomic E-state index is 0.308. The molecule has 0 aliphatic rings. The van der Waals surface area contributed by atoms with E-state index in [1.54, 1.807) is 12.3 Å². The van der Waals surface area contributed by atoms with Gasteiger partial charge in [0.1, 0.15) is 5.82 Å². The molecule has 0 radical (unpaired) electrons. The van der Waals surface area contributed by atoms with Crippen LogP contribution in [0.15, 0.2) is 30.6 Å². The molecule has 1 heterocycles. The molecule has 0 aliphatic heterocycles. The highest BCUT2D eigenvalue weighted by molar-refractivity contribution is 5.94. The Hall–Kier alpha value is -2.30. The van der Waals surface area contributed by atoms with E-state index in [2.05, 4.69) is 4.98 Å². The van der Waals surface area contributed by atoms with Crippen molar-refractivity contribution >= 4 is 11.7 Å². The van der Waals surface area contributed by atoms with Crippen LogP contribution in [0, 0.1) is 6.92 Å². The van der Waals surface area contributed by atoms with Gasteiger partial charge in [-0.25, -0.2) is 9.78 Å². The van der Waals surface area contributed by atoms with E-state index in [0.717, 1.165) is 11.4 Å². The zero-order valence-corrected chi connectivity index (χ0v) is 11.3. The maximum absolute atomic E-state index is 11.3. The highest BCUT2D eigenvalue weighted by Gasteiger charge is 2.14. The Labute approximate surface area is 112 Å². The molecule has 1 aromatic carbocycles. The summed E-state index contributed by atoms with van der Waals surface area (Å²) in [5.41, 5.74) is 2.05. The second-order valence-corrected chi connectivity index (χ2v) is 4.64. The van der Waals surface area contributed by atoms with Crippen LogP contribution in [0.3, 0.4) is 0 Å². The first kappa shape index (κ1) is 13.1. The van der Waals surface area contributed by atoms with E-state index in [0.29, 0.717) is 17.8 Å². The normalized spacial score (nSPS) is 10.5. The van der Waals surface area contributed by atoms with Crippen LogP contribution in [0.5, 0.6) is 0 Å². The monoisotopic (exact) mass is 259 g/mol. The van der Waals surface area contributed by atoms with Gasteiger partial charge < -0.3 is 14.6 Å². The fraction of sp³-hybridized carbons (Fsp3) is 0.286. The third-order valence-corrected chi connectivity index (χ3v) is 3.09. The molecule has 0 saturated carbocycles. The maximum Gasteiger partial charge on any atom is 0.337 e. The number of hydrogen-bond donors (Lipinski definition) is 1. The first-order valence-electron chi connectivity index (χ1n) is 6.00. The summed E-state index contributed by atoms with van der Waals surface area (Å²) < 4.78 is 1.92. The van der Waals surface area contributed by atoms with Crippen molar-refractivity contribution in [1.29, 1.82) is 0 Å². The van der Waals surface area contributed by atoms with Crippen molar-refractivity contribution < 1.29 is 9.90 Å². The Bertz CT molecular complexity index is 604. The molecule has 1 N–H and O–H groups in total. The maximum atomic E-state index is 11.3. The van der Waals surface area contributed by atoms with Gasteiger partial charge in [-0.15, -0.1) is 0 Å². The zero-order valence-electron chi connectivity index (χ0n) is 11.3. The van der Waals surface area contributed by atoms with Crippen LogP contribution in [0.1, 0.15) is 21.7 Å². The summed E-state index contributed by atoms with van der Waals surface area (Å²) in [5, 5.41) is 9.24. The largest absolute Gasteiger partial charge is 0.478 e. The van der Waals surface area contributed by atoms with Crippen LogP contribution >= 0.6 is 0 Å². The minimum atomic E-state index is -0.915. The number of benzene rings is 1. The highest BCUT2D eigenvalue weighted by Crippen LogP contribution is 2.22. The number of aromatic carboxylic acids is 1. The van der Waals surface area contributed by atoms with Crippen molar-refractivity contribution in [2.24, 2.45) is 7.05 Å². The zero-order chi connectivity index (χ0) is 14.0. The fourth-order valence-electron chi connectivity index (χ4n) is 1.98. The second kappa shape index (κ2) is 5.14. The Morgan fingerprint density at radius 2 is 2.21 bits per heavy atom. The number of aromatic nitrogens is 2. The molecule has 1 aromatic heterocycles. The lowest BCUT2D eigenvalue weighted by molar-refractivity contribution is 0.0697. The molecule has 19 heavy (non-hydrogen) atoms. The van der Waals surface area contributed by atoms with Crippen LogP contribution in [-0.4, -0.2) is 27.7 Å². The van der Waals surface area contributed by atoms with Gasteiger partial charge in [0, 0.05) is 26.5 Å². The van der Waals surface area contributed by atoms with Gasteiger partial charge in [-0.1, -0.05) is 6.07 Å². The number of aryl methyl sites for hydroxylation is 2. The van der Waals surface area contributed by atoms with E-state index in [9.17, 15) is 9.90 Å². The molecule has 5 nitrogen and oxygen atoms in total. The smallest absolute Gasteiger partial charge is 0.337 e. The summed E-state index contributed by atoms with van der Waals surface area (Å²) in [6.07, 6.45) is 3.61. The lowest BCUT2D eigenvalue weighted by Crippen LogP contribution is -2.21. The van der Waals surface area contributed by atoms with Gasteiger partial charge in [0.25, 0.3) is 0 Å². The minimum Gasteiger partial charge on any atom is -0.478 e. The summed E-state index contributed by atoms with van der Waals surface area (Å²) in [4.78, 5) is 17.4. The molecule has 0 saturated heterocycles. The molecule has 100 valence electrons. The molecule has 0 amide bonds. The second-order valence-electron chi connectivity index (χ2n) is 4.64. The van der Waals surface area contributed by atoms with Gasteiger partial charge in [-0.05, 0) is 24.6 Å². The molecule has 0 fully saturated rings. The number of nitrogens with zero attached hydrogens (tertiary/aromatic N) is 3. The molecule has 0 spiro atoms. The quantitative estimate of drug-likeness (QED) is 0.913. The highest BCUT2D eigenvalue weighted by atomic mass is 16.4. The van der Waals surface area contributed by atoms with Crippen molar-refractivity contribution in [3.05, 3.63) is 47.5 Å². The Kier molecular flexibility index (Phi) is 3.55. The number of hydrogen-bond acceptors (Lipinski definition) is 3. The Balaban J connectivity index is 2.32. The van der Waals surface area contributed by atoms with E-state index in [-0.39, 0.29) is 0 Å². The number of carboxylic acids is 1. The van der Waals surface area contributed by atoms with Gasteiger partial charge in [0.2, 0.25) is 0 Å². The van der Waals surface area contributed by atoms with E-state index < -0.39 is 5.97 Å².